The van der Waals surface area contributed by atoms with Crippen LogP contribution in [-0.4, -0.2) is 9.55 Å². The van der Waals surface area contributed by atoms with Crippen LogP contribution in [0.1, 0.15) is 25.8 Å². The summed E-state index contributed by atoms with van der Waals surface area (Å²) in [5.41, 5.74) is 0.252. The van der Waals surface area contributed by atoms with Gasteiger partial charge >= 0.3 is 5.69 Å². The molecule has 1 aliphatic rings. The first-order valence-corrected chi connectivity index (χ1v) is 7.96. The van der Waals surface area contributed by atoms with Gasteiger partial charge < -0.3 is 0 Å². The molecule has 6 heteroatoms. The average Bonchev–Trinajstić information content (AvgIpc) is 3.22. The molecule has 1 unspecified atom stereocenters. The summed E-state index contributed by atoms with van der Waals surface area (Å²) in [4.78, 5) is 27.4. The summed E-state index contributed by atoms with van der Waals surface area (Å²) in [5, 5.41) is 0.0855. The number of nitrogens with one attached hydrogen (secondary N) is 1. The van der Waals surface area contributed by atoms with Gasteiger partial charge in [0.05, 0.1) is 5.56 Å². The van der Waals surface area contributed by atoms with Crippen molar-refractivity contribution in [2.24, 2.45) is 5.92 Å². The molecule has 0 radical (unpaired) electrons. The van der Waals surface area contributed by atoms with Crippen LogP contribution in [0.5, 0.6) is 0 Å². The van der Waals surface area contributed by atoms with E-state index in [0.717, 1.165) is 17.3 Å². The van der Waals surface area contributed by atoms with Gasteiger partial charge in [0.25, 0.3) is 5.56 Å². The summed E-state index contributed by atoms with van der Waals surface area (Å²) >= 11 is 9.49. The van der Waals surface area contributed by atoms with Gasteiger partial charge in [-0.05, 0) is 43.4 Å². The molecule has 1 aromatic carbocycles. The summed E-state index contributed by atoms with van der Waals surface area (Å²) in [6, 6.07) is 7.21. The lowest BCUT2D eigenvalue weighted by molar-refractivity contribution is 0.452. The Morgan fingerprint density at radius 2 is 2.10 bits per heavy atom. The molecule has 1 aliphatic carbocycles. The maximum absolute atomic E-state index is 12.7. The Balaban J connectivity index is 2.23. The fourth-order valence-corrected chi connectivity index (χ4v) is 3.25. The summed E-state index contributed by atoms with van der Waals surface area (Å²) in [6.07, 6.45) is 2.11. The predicted molar refractivity (Wildman–Crippen MR) is 86.9 cm³/mol. The average molecular weight is 370 g/mol. The van der Waals surface area contributed by atoms with Crippen molar-refractivity contribution in [3.63, 3.8) is 0 Å². The summed E-state index contributed by atoms with van der Waals surface area (Å²) in [5.74, 6) is 0.403. The fraction of sp³-hybridized carbons (Fsp3) is 0.333. The van der Waals surface area contributed by atoms with E-state index in [-0.39, 0.29) is 16.8 Å². The van der Waals surface area contributed by atoms with Crippen LogP contribution in [0.2, 0.25) is 5.15 Å². The minimum absolute atomic E-state index is 0.0855. The van der Waals surface area contributed by atoms with Gasteiger partial charge in [0, 0.05) is 10.5 Å². The van der Waals surface area contributed by atoms with E-state index in [1.807, 2.05) is 25.1 Å². The molecule has 1 fully saturated rings. The molecule has 1 atom stereocenters. The van der Waals surface area contributed by atoms with Gasteiger partial charge in [-0.2, -0.15) is 0 Å². The van der Waals surface area contributed by atoms with E-state index in [4.69, 9.17) is 11.6 Å². The van der Waals surface area contributed by atoms with Crippen molar-refractivity contribution in [1.82, 2.24) is 9.55 Å². The third-order valence-electron chi connectivity index (χ3n) is 3.91. The monoisotopic (exact) mass is 368 g/mol. The second-order valence-electron chi connectivity index (χ2n) is 5.38. The number of H-pyrrole nitrogens is 1. The first kappa shape index (κ1) is 14.6. The van der Waals surface area contributed by atoms with Crippen molar-refractivity contribution in [3.05, 3.63) is 54.7 Å². The van der Waals surface area contributed by atoms with Gasteiger partial charge in [-0.25, -0.2) is 4.79 Å². The Hall–Kier alpha value is -1.33. The number of nitrogens with zero attached hydrogens (tertiary/aromatic N) is 1. The number of rotatable bonds is 3. The Morgan fingerprint density at radius 3 is 2.71 bits per heavy atom. The van der Waals surface area contributed by atoms with Crippen molar-refractivity contribution >= 4 is 27.5 Å². The molecular weight excluding hydrogens is 356 g/mol. The molecule has 0 aliphatic heterocycles. The molecule has 0 saturated heterocycles. The highest BCUT2D eigenvalue weighted by Gasteiger charge is 2.31. The first-order chi connectivity index (χ1) is 9.99. The molecule has 1 N–H and O–H groups in total. The molecule has 2 aromatic rings. The Morgan fingerprint density at radius 1 is 1.38 bits per heavy atom. The van der Waals surface area contributed by atoms with E-state index < -0.39 is 5.69 Å². The van der Waals surface area contributed by atoms with E-state index in [9.17, 15) is 9.59 Å². The van der Waals surface area contributed by atoms with Gasteiger partial charge in [0.15, 0.2) is 0 Å². The van der Waals surface area contributed by atoms with Crippen LogP contribution in [0.15, 0.2) is 38.3 Å². The predicted octanol–water partition coefficient (Wildman–Crippen LogP) is 3.59. The van der Waals surface area contributed by atoms with Crippen molar-refractivity contribution < 1.29 is 0 Å². The third-order valence-corrected chi connectivity index (χ3v) is 4.69. The highest BCUT2D eigenvalue weighted by atomic mass is 79.9. The second kappa shape index (κ2) is 5.46. The zero-order valence-corrected chi connectivity index (χ0v) is 13.7. The SMILES string of the molecule is CC(C1CC1)n1c(=O)[nH]c(Cl)c(-c2cccc(Br)c2)c1=O. The van der Waals surface area contributed by atoms with E-state index in [1.165, 1.54) is 4.57 Å². The minimum atomic E-state index is -0.442. The topological polar surface area (TPSA) is 54.9 Å². The Bertz CT molecular complexity index is 808. The zero-order valence-electron chi connectivity index (χ0n) is 11.4. The molecule has 21 heavy (non-hydrogen) atoms. The van der Waals surface area contributed by atoms with E-state index in [0.29, 0.717) is 17.0 Å². The van der Waals surface area contributed by atoms with Crippen LogP contribution in [0.3, 0.4) is 0 Å². The fourth-order valence-electron chi connectivity index (χ4n) is 2.58. The number of aromatic nitrogens is 2. The lowest BCUT2D eigenvalue weighted by atomic mass is 10.1. The third kappa shape index (κ3) is 2.72. The van der Waals surface area contributed by atoms with E-state index in [2.05, 4.69) is 20.9 Å². The van der Waals surface area contributed by atoms with Crippen molar-refractivity contribution in [2.75, 3.05) is 0 Å². The van der Waals surface area contributed by atoms with Gasteiger partial charge in [0.1, 0.15) is 5.15 Å². The van der Waals surface area contributed by atoms with Crippen molar-refractivity contribution in [3.8, 4) is 11.1 Å². The van der Waals surface area contributed by atoms with E-state index in [1.54, 1.807) is 6.07 Å². The standard InChI is InChI=1S/C15H14BrClN2O2/c1-8(9-5-6-9)19-14(20)12(13(17)18-15(19)21)10-3-2-4-11(16)7-10/h2-4,7-9H,5-6H2,1H3,(H,18,21). The molecular formula is C15H14BrClN2O2. The number of hydrogen-bond donors (Lipinski definition) is 1. The highest BCUT2D eigenvalue weighted by molar-refractivity contribution is 9.10. The summed E-state index contributed by atoms with van der Waals surface area (Å²) < 4.78 is 2.14. The largest absolute Gasteiger partial charge is 0.329 e. The lowest BCUT2D eigenvalue weighted by Crippen LogP contribution is -2.38. The molecule has 3 rings (SSSR count). The van der Waals surface area contributed by atoms with Gasteiger partial charge in [-0.1, -0.05) is 39.7 Å². The van der Waals surface area contributed by atoms with Crippen LogP contribution in [0, 0.1) is 5.92 Å². The maximum atomic E-state index is 12.7. The number of aromatic amines is 1. The Labute approximate surface area is 134 Å². The lowest BCUT2D eigenvalue weighted by Gasteiger charge is -2.15. The van der Waals surface area contributed by atoms with Crippen molar-refractivity contribution in [2.45, 2.75) is 25.8 Å². The molecule has 1 saturated carbocycles. The number of benzene rings is 1. The first-order valence-electron chi connectivity index (χ1n) is 6.79. The van der Waals surface area contributed by atoms with Crippen molar-refractivity contribution in [1.29, 1.82) is 0 Å². The van der Waals surface area contributed by atoms with Gasteiger partial charge in [0.2, 0.25) is 0 Å². The molecule has 0 amide bonds. The zero-order chi connectivity index (χ0) is 15.1. The normalized spacial score (nSPS) is 16.0. The maximum Gasteiger partial charge on any atom is 0.329 e. The van der Waals surface area contributed by atoms with Gasteiger partial charge in [-0.3, -0.25) is 14.3 Å². The summed E-state index contributed by atoms with van der Waals surface area (Å²) in [6.45, 7) is 1.91. The van der Waals surface area contributed by atoms with Crippen LogP contribution in [-0.2, 0) is 0 Å². The smallest absolute Gasteiger partial charge is 0.297 e. The number of halogens is 2. The van der Waals surface area contributed by atoms with Crippen LogP contribution >= 0.6 is 27.5 Å². The molecule has 1 aromatic heterocycles. The van der Waals surface area contributed by atoms with Crippen LogP contribution < -0.4 is 11.2 Å². The Kier molecular flexibility index (Phi) is 3.80. The quantitative estimate of drug-likeness (QED) is 0.841. The van der Waals surface area contributed by atoms with Crippen LogP contribution in [0.4, 0.5) is 0 Å². The molecule has 4 nitrogen and oxygen atoms in total. The highest BCUT2D eigenvalue weighted by Crippen LogP contribution is 2.38. The summed E-state index contributed by atoms with van der Waals surface area (Å²) in [7, 11) is 0. The number of hydrogen-bond acceptors (Lipinski definition) is 2. The minimum Gasteiger partial charge on any atom is -0.297 e. The molecule has 110 valence electrons. The molecule has 0 spiro atoms. The van der Waals surface area contributed by atoms with E-state index >= 15 is 0 Å². The van der Waals surface area contributed by atoms with Crippen LogP contribution in [0.25, 0.3) is 11.1 Å². The second-order valence-corrected chi connectivity index (χ2v) is 6.68. The van der Waals surface area contributed by atoms with Gasteiger partial charge in [-0.15, -0.1) is 0 Å². The molecule has 1 heterocycles. The molecule has 0 bridgehead atoms.